The zero-order valence-corrected chi connectivity index (χ0v) is 9.73. The maximum absolute atomic E-state index is 11.7. The first-order chi connectivity index (χ1) is 8.17. The fraction of sp³-hybridized carbons (Fsp3) is 0.700. The SMILES string of the molecule is COCC(CCO)NC(=O)C1=NNC(=O)CC1. The number of carbonyl (C=O) groups is 2. The van der Waals surface area contributed by atoms with E-state index < -0.39 is 0 Å². The minimum atomic E-state index is -0.333. The lowest BCUT2D eigenvalue weighted by molar-refractivity contribution is -0.121. The number of aliphatic hydroxyl groups is 1. The highest BCUT2D eigenvalue weighted by Gasteiger charge is 2.20. The van der Waals surface area contributed by atoms with E-state index in [-0.39, 0.29) is 30.9 Å². The standard InChI is InChI=1S/C10H17N3O4/c1-17-6-7(4-5-14)11-10(16)8-2-3-9(15)13-12-8/h7,14H,2-6H2,1H3,(H,11,16)(H,13,15). The van der Waals surface area contributed by atoms with E-state index in [1.807, 2.05) is 0 Å². The molecule has 1 atom stereocenters. The topological polar surface area (TPSA) is 100 Å². The number of nitrogens with one attached hydrogen (secondary N) is 2. The van der Waals surface area contributed by atoms with Crippen molar-refractivity contribution in [2.45, 2.75) is 25.3 Å². The Bertz CT molecular complexity index is 311. The number of methoxy groups -OCH3 is 1. The van der Waals surface area contributed by atoms with E-state index in [0.717, 1.165) is 0 Å². The van der Waals surface area contributed by atoms with Crippen LogP contribution in [0, 0.1) is 0 Å². The molecular formula is C10H17N3O4. The zero-order valence-electron chi connectivity index (χ0n) is 9.73. The van der Waals surface area contributed by atoms with E-state index in [9.17, 15) is 9.59 Å². The van der Waals surface area contributed by atoms with Crippen LogP contribution in [-0.2, 0) is 14.3 Å². The van der Waals surface area contributed by atoms with Gasteiger partial charge in [0.05, 0.1) is 12.6 Å². The molecule has 0 bridgehead atoms. The molecule has 0 fully saturated rings. The first-order valence-corrected chi connectivity index (χ1v) is 5.43. The number of rotatable bonds is 6. The molecule has 2 amide bonds. The smallest absolute Gasteiger partial charge is 0.267 e. The van der Waals surface area contributed by atoms with E-state index in [0.29, 0.717) is 25.2 Å². The van der Waals surface area contributed by atoms with Gasteiger partial charge in [0.15, 0.2) is 0 Å². The van der Waals surface area contributed by atoms with Crippen LogP contribution in [0.2, 0.25) is 0 Å². The average molecular weight is 243 g/mol. The molecule has 3 N–H and O–H groups in total. The Hall–Kier alpha value is -1.47. The van der Waals surface area contributed by atoms with Crippen LogP contribution in [0.3, 0.4) is 0 Å². The number of amides is 2. The fourth-order valence-electron chi connectivity index (χ4n) is 1.46. The van der Waals surface area contributed by atoms with Gasteiger partial charge in [0.1, 0.15) is 5.71 Å². The first kappa shape index (κ1) is 13.6. The molecule has 0 spiro atoms. The van der Waals surface area contributed by atoms with Gasteiger partial charge in [0.2, 0.25) is 5.91 Å². The average Bonchev–Trinajstić information content (AvgIpc) is 2.30. The van der Waals surface area contributed by atoms with Crippen LogP contribution in [0.4, 0.5) is 0 Å². The fourth-order valence-corrected chi connectivity index (χ4v) is 1.46. The Balaban J connectivity index is 2.48. The van der Waals surface area contributed by atoms with Gasteiger partial charge < -0.3 is 15.2 Å². The molecular weight excluding hydrogens is 226 g/mol. The quantitative estimate of drug-likeness (QED) is 0.543. The van der Waals surface area contributed by atoms with Crippen LogP contribution in [0.5, 0.6) is 0 Å². The van der Waals surface area contributed by atoms with E-state index >= 15 is 0 Å². The monoisotopic (exact) mass is 243 g/mol. The van der Waals surface area contributed by atoms with Gasteiger partial charge in [-0.2, -0.15) is 5.10 Å². The van der Waals surface area contributed by atoms with Gasteiger partial charge in [-0.3, -0.25) is 9.59 Å². The van der Waals surface area contributed by atoms with Crippen LogP contribution in [-0.4, -0.2) is 49.0 Å². The van der Waals surface area contributed by atoms with Crippen LogP contribution in [0.15, 0.2) is 5.10 Å². The van der Waals surface area contributed by atoms with Crippen molar-refractivity contribution in [3.05, 3.63) is 0 Å². The summed E-state index contributed by atoms with van der Waals surface area (Å²) in [6, 6.07) is -0.252. The summed E-state index contributed by atoms with van der Waals surface area (Å²) < 4.78 is 4.93. The summed E-state index contributed by atoms with van der Waals surface area (Å²) in [5.41, 5.74) is 2.55. The van der Waals surface area contributed by atoms with Crippen molar-refractivity contribution in [3.63, 3.8) is 0 Å². The molecule has 7 nitrogen and oxygen atoms in total. The zero-order chi connectivity index (χ0) is 12.7. The van der Waals surface area contributed by atoms with Gasteiger partial charge in [-0.15, -0.1) is 0 Å². The molecule has 1 unspecified atom stereocenters. The van der Waals surface area contributed by atoms with Gasteiger partial charge >= 0.3 is 0 Å². The van der Waals surface area contributed by atoms with Gasteiger partial charge in [0.25, 0.3) is 5.91 Å². The molecule has 0 saturated heterocycles. The van der Waals surface area contributed by atoms with Crippen LogP contribution in [0.1, 0.15) is 19.3 Å². The molecule has 1 rings (SSSR count). The lowest BCUT2D eigenvalue weighted by atomic mass is 10.1. The molecule has 0 aromatic heterocycles. The maximum atomic E-state index is 11.7. The molecule has 17 heavy (non-hydrogen) atoms. The second kappa shape index (κ2) is 6.97. The molecule has 1 aliphatic heterocycles. The molecule has 96 valence electrons. The summed E-state index contributed by atoms with van der Waals surface area (Å²) in [7, 11) is 1.52. The highest BCUT2D eigenvalue weighted by molar-refractivity contribution is 6.39. The maximum Gasteiger partial charge on any atom is 0.267 e. The number of carbonyl (C=O) groups excluding carboxylic acids is 2. The minimum absolute atomic E-state index is 0.0302. The van der Waals surface area contributed by atoms with Gasteiger partial charge in [-0.25, -0.2) is 5.43 Å². The first-order valence-electron chi connectivity index (χ1n) is 5.43. The second-order valence-electron chi connectivity index (χ2n) is 3.73. The highest BCUT2D eigenvalue weighted by atomic mass is 16.5. The van der Waals surface area contributed by atoms with Crippen molar-refractivity contribution < 1.29 is 19.4 Å². The Morgan fingerprint density at radius 1 is 1.65 bits per heavy atom. The third-order valence-corrected chi connectivity index (χ3v) is 2.35. The van der Waals surface area contributed by atoms with Crippen molar-refractivity contribution in [2.24, 2.45) is 5.10 Å². The number of ether oxygens (including phenoxy) is 1. The summed E-state index contributed by atoms with van der Waals surface area (Å²) in [6.45, 7) is 0.295. The number of hydrogen-bond donors (Lipinski definition) is 3. The van der Waals surface area contributed by atoms with Crippen molar-refractivity contribution in [2.75, 3.05) is 20.3 Å². The number of hydrazone groups is 1. The largest absolute Gasteiger partial charge is 0.396 e. The summed E-state index contributed by atoms with van der Waals surface area (Å²) in [6.07, 6.45) is 1.01. The normalized spacial score (nSPS) is 17.1. The third kappa shape index (κ3) is 4.49. The summed E-state index contributed by atoms with van der Waals surface area (Å²) in [5.74, 6) is -0.522. The van der Waals surface area contributed by atoms with Crippen LogP contribution >= 0.6 is 0 Å². The molecule has 1 heterocycles. The van der Waals surface area contributed by atoms with E-state index in [2.05, 4.69) is 15.8 Å². The third-order valence-electron chi connectivity index (χ3n) is 2.35. The summed E-state index contributed by atoms with van der Waals surface area (Å²) >= 11 is 0. The van der Waals surface area contributed by atoms with Crippen molar-refractivity contribution in [1.29, 1.82) is 0 Å². The van der Waals surface area contributed by atoms with Gasteiger partial charge in [-0.1, -0.05) is 0 Å². The van der Waals surface area contributed by atoms with Crippen LogP contribution in [0.25, 0.3) is 0 Å². The van der Waals surface area contributed by atoms with Crippen molar-refractivity contribution >= 4 is 17.5 Å². The number of hydrogen-bond acceptors (Lipinski definition) is 5. The van der Waals surface area contributed by atoms with E-state index in [4.69, 9.17) is 9.84 Å². The predicted molar refractivity (Wildman–Crippen MR) is 60.3 cm³/mol. The second-order valence-corrected chi connectivity index (χ2v) is 3.73. The molecule has 0 radical (unpaired) electrons. The molecule has 0 aromatic rings. The number of aliphatic hydroxyl groups excluding tert-OH is 1. The van der Waals surface area contributed by atoms with Gasteiger partial charge in [0, 0.05) is 26.6 Å². The molecule has 0 aliphatic carbocycles. The number of nitrogens with zero attached hydrogens (tertiary/aromatic N) is 1. The predicted octanol–water partition coefficient (Wildman–Crippen LogP) is -1.23. The van der Waals surface area contributed by atoms with Crippen molar-refractivity contribution in [3.8, 4) is 0 Å². The highest BCUT2D eigenvalue weighted by Crippen LogP contribution is 2.01. The lowest BCUT2D eigenvalue weighted by Crippen LogP contribution is -2.44. The Morgan fingerprint density at radius 3 is 2.94 bits per heavy atom. The summed E-state index contributed by atoms with van der Waals surface area (Å²) in [5, 5.41) is 15.2. The Labute approximate surface area is 99.2 Å². The summed E-state index contributed by atoms with van der Waals surface area (Å²) in [4.78, 5) is 22.6. The lowest BCUT2D eigenvalue weighted by Gasteiger charge is -2.18. The van der Waals surface area contributed by atoms with Crippen LogP contribution < -0.4 is 10.7 Å². The molecule has 0 aromatic carbocycles. The van der Waals surface area contributed by atoms with E-state index in [1.54, 1.807) is 0 Å². The Kier molecular flexibility index (Phi) is 5.58. The van der Waals surface area contributed by atoms with Gasteiger partial charge in [-0.05, 0) is 6.42 Å². The Morgan fingerprint density at radius 2 is 2.41 bits per heavy atom. The van der Waals surface area contributed by atoms with E-state index in [1.165, 1.54) is 7.11 Å². The molecule has 7 heteroatoms. The molecule has 1 aliphatic rings. The molecule has 0 saturated carbocycles. The minimum Gasteiger partial charge on any atom is -0.396 e. The van der Waals surface area contributed by atoms with Crippen molar-refractivity contribution in [1.82, 2.24) is 10.7 Å².